The molecule has 4 aliphatic rings. The van der Waals surface area contributed by atoms with Gasteiger partial charge >= 0.3 is 0 Å². The monoisotopic (exact) mass is 472 g/mol. The molecule has 0 heterocycles. The van der Waals surface area contributed by atoms with E-state index < -0.39 is 24.7 Å². The minimum absolute atomic E-state index is 0.0857. The molecule has 0 nitrogen and oxygen atoms in total. The fourth-order valence-electron chi connectivity index (χ4n) is 8.58. The molecule has 0 N–H and O–H groups in total. The largest absolute Gasteiger partial charge is 0.244 e. The summed E-state index contributed by atoms with van der Waals surface area (Å²) in [6.07, 6.45) is 8.87. The van der Waals surface area contributed by atoms with Crippen LogP contribution >= 0.6 is 0 Å². The molecule has 0 aromatic rings. The first kappa shape index (κ1) is 25.8. The highest BCUT2D eigenvalue weighted by atomic mass is 19.2. The van der Waals surface area contributed by atoms with Crippen molar-refractivity contribution in [1.29, 1.82) is 0 Å². The first-order valence-corrected chi connectivity index (χ1v) is 14.5. The van der Waals surface area contributed by atoms with E-state index in [0.717, 1.165) is 83.0 Å². The van der Waals surface area contributed by atoms with E-state index >= 15 is 8.78 Å². The van der Waals surface area contributed by atoms with Crippen molar-refractivity contribution in [3.8, 4) is 0 Å². The molecule has 4 saturated carbocycles. The van der Waals surface area contributed by atoms with Crippen molar-refractivity contribution in [3.05, 3.63) is 0 Å². The van der Waals surface area contributed by atoms with Gasteiger partial charge in [-0.2, -0.15) is 0 Å². The molecule has 4 fully saturated rings. The highest BCUT2D eigenvalue weighted by Crippen LogP contribution is 2.50. The average molecular weight is 473 g/mol. The second kappa shape index (κ2) is 11.6. The van der Waals surface area contributed by atoms with E-state index in [4.69, 9.17) is 0 Å². The van der Waals surface area contributed by atoms with Crippen molar-refractivity contribution < 1.29 is 17.6 Å². The van der Waals surface area contributed by atoms with Crippen LogP contribution in [0.25, 0.3) is 0 Å². The third-order valence-electron chi connectivity index (χ3n) is 10.8. The Balaban J connectivity index is 1.26. The maximum Gasteiger partial charge on any atom is 0.134 e. The van der Waals surface area contributed by atoms with Gasteiger partial charge in [0, 0.05) is 0 Å². The van der Waals surface area contributed by atoms with Gasteiger partial charge in [0.15, 0.2) is 0 Å². The molecular formula is C29H48F4. The minimum atomic E-state index is -1.33. The van der Waals surface area contributed by atoms with Gasteiger partial charge in [0.1, 0.15) is 24.7 Å². The summed E-state index contributed by atoms with van der Waals surface area (Å²) in [5.41, 5.74) is 0. The number of rotatable bonds is 6. The van der Waals surface area contributed by atoms with Crippen LogP contribution in [0.3, 0.4) is 0 Å². The Kier molecular flexibility index (Phi) is 9.10. The van der Waals surface area contributed by atoms with Crippen LogP contribution in [0.2, 0.25) is 0 Å². The summed E-state index contributed by atoms with van der Waals surface area (Å²) in [4.78, 5) is 0. The lowest BCUT2D eigenvalue weighted by molar-refractivity contribution is -0.0469. The molecule has 33 heavy (non-hydrogen) atoms. The quantitative estimate of drug-likeness (QED) is 0.338. The Morgan fingerprint density at radius 2 is 0.879 bits per heavy atom. The smallest absolute Gasteiger partial charge is 0.134 e. The van der Waals surface area contributed by atoms with E-state index in [9.17, 15) is 8.78 Å². The summed E-state index contributed by atoms with van der Waals surface area (Å²) in [6, 6.07) is 0. The lowest BCUT2D eigenvalue weighted by Crippen LogP contribution is -2.46. The molecule has 0 aromatic heterocycles. The summed E-state index contributed by atoms with van der Waals surface area (Å²) < 4.78 is 60.3. The van der Waals surface area contributed by atoms with Crippen LogP contribution in [-0.2, 0) is 0 Å². The van der Waals surface area contributed by atoms with Crippen molar-refractivity contribution in [3.63, 3.8) is 0 Å². The maximum absolute atomic E-state index is 15.4. The molecule has 0 spiro atoms. The second-order valence-electron chi connectivity index (χ2n) is 12.3. The number of hydrogen-bond acceptors (Lipinski definition) is 0. The predicted octanol–water partition coefficient (Wildman–Crippen LogP) is 9.21. The first-order chi connectivity index (χ1) is 15.9. The van der Waals surface area contributed by atoms with E-state index in [1.165, 1.54) is 19.3 Å². The molecular weight excluding hydrogens is 424 g/mol. The maximum atomic E-state index is 15.4. The van der Waals surface area contributed by atoms with E-state index in [-0.39, 0.29) is 35.5 Å². The average Bonchev–Trinajstić information content (AvgIpc) is 2.84. The lowest BCUT2D eigenvalue weighted by atomic mass is 9.61. The van der Waals surface area contributed by atoms with Gasteiger partial charge in [-0.05, 0) is 118 Å². The predicted molar refractivity (Wildman–Crippen MR) is 128 cm³/mol. The van der Waals surface area contributed by atoms with Crippen molar-refractivity contribution >= 4 is 0 Å². The van der Waals surface area contributed by atoms with Gasteiger partial charge in [-0.3, -0.25) is 0 Å². The van der Waals surface area contributed by atoms with Crippen molar-refractivity contribution in [2.75, 3.05) is 0 Å². The molecule has 0 aliphatic heterocycles. The second-order valence-corrected chi connectivity index (χ2v) is 12.3. The van der Waals surface area contributed by atoms with Crippen molar-refractivity contribution in [2.24, 2.45) is 47.3 Å². The summed E-state index contributed by atoms with van der Waals surface area (Å²) >= 11 is 0. The molecule has 0 aromatic carbocycles. The van der Waals surface area contributed by atoms with Crippen LogP contribution in [0.15, 0.2) is 0 Å². The van der Waals surface area contributed by atoms with Gasteiger partial charge in [-0.15, -0.1) is 0 Å². The molecule has 8 unspecified atom stereocenters. The van der Waals surface area contributed by atoms with Crippen LogP contribution in [-0.4, -0.2) is 24.7 Å². The van der Waals surface area contributed by atoms with Crippen LogP contribution in [0, 0.1) is 47.3 Å². The normalized spacial score (nSPS) is 49.6. The zero-order valence-electron chi connectivity index (χ0n) is 21.0. The molecule has 192 valence electrons. The molecule has 0 radical (unpaired) electrons. The highest BCUT2D eigenvalue weighted by molar-refractivity contribution is 4.97. The Hall–Kier alpha value is -0.280. The molecule has 0 saturated heterocycles. The van der Waals surface area contributed by atoms with E-state index in [2.05, 4.69) is 6.92 Å². The Morgan fingerprint density at radius 3 is 1.30 bits per heavy atom. The Bertz CT molecular complexity index is 580. The number of hydrogen-bond donors (Lipinski definition) is 0. The third kappa shape index (κ3) is 5.60. The zero-order chi connectivity index (χ0) is 23.5. The van der Waals surface area contributed by atoms with Gasteiger partial charge in [0.05, 0.1) is 0 Å². The van der Waals surface area contributed by atoms with Gasteiger partial charge in [-0.25, -0.2) is 17.6 Å². The lowest BCUT2D eigenvalue weighted by Gasteiger charge is -2.46. The molecule has 4 aliphatic carbocycles. The van der Waals surface area contributed by atoms with Crippen LogP contribution in [0.1, 0.15) is 110 Å². The van der Waals surface area contributed by atoms with Crippen LogP contribution in [0.5, 0.6) is 0 Å². The van der Waals surface area contributed by atoms with Gasteiger partial charge < -0.3 is 0 Å². The molecule has 0 bridgehead atoms. The molecule has 4 heteroatoms. The first-order valence-electron chi connectivity index (χ1n) is 14.5. The molecule has 4 rings (SSSR count). The fraction of sp³-hybridized carbons (Fsp3) is 1.00. The minimum Gasteiger partial charge on any atom is -0.244 e. The molecule has 0 amide bonds. The van der Waals surface area contributed by atoms with Crippen molar-refractivity contribution in [2.45, 2.75) is 135 Å². The van der Waals surface area contributed by atoms with Gasteiger partial charge in [-0.1, -0.05) is 39.5 Å². The summed E-state index contributed by atoms with van der Waals surface area (Å²) in [5, 5.41) is 0. The van der Waals surface area contributed by atoms with E-state index in [0.29, 0.717) is 5.92 Å². The van der Waals surface area contributed by atoms with E-state index in [1.54, 1.807) is 0 Å². The molecule has 8 atom stereocenters. The Morgan fingerprint density at radius 1 is 0.485 bits per heavy atom. The standard InChI is InChI=1S/C29H48F4/c1-3-5-22-14-15-23(27(31)26(22)30)20-10-12-21(13-11-20)25-17-16-24(28(32)29(25)33)19-8-6-18(4-2)7-9-19/h18-29H,3-17H2,1-2H3. The van der Waals surface area contributed by atoms with Crippen LogP contribution in [0.4, 0.5) is 17.6 Å². The fourth-order valence-corrected chi connectivity index (χ4v) is 8.58. The van der Waals surface area contributed by atoms with Gasteiger partial charge in [0.2, 0.25) is 0 Å². The highest BCUT2D eigenvalue weighted by Gasteiger charge is 2.48. The topological polar surface area (TPSA) is 0 Å². The summed E-state index contributed by atoms with van der Waals surface area (Å²) in [5.74, 6) is 1.07. The zero-order valence-corrected chi connectivity index (χ0v) is 21.0. The third-order valence-corrected chi connectivity index (χ3v) is 10.8. The van der Waals surface area contributed by atoms with Crippen LogP contribution < -0.4 is 0 Å². The summed E-state index contributed by atoms with van der Waals surface area (Å²) in [7, 11) is 0. The van der Waals surface area contributed by atoms with E-state index in [1.807, 2.05) is 6.92 Å². The number of halogens is 4. The number of alkyl halides is 4. The van der Waals surface area contributed by atoms with Crippen molar-refractivity contribution in [1.82, 2.24) is 0 Å². The van der Waals surface area contributed by atoms with Gasteiger partial charge in [0.25, 0.3) is 0 Å². The Labute approximate surface area is 200 Å². The summed E-state index contributed by atoms with van der Waals surface area (Å²) in [6.45, 7) is 4.28. The SMILES string of the molecule is CCCC1CCC(C2CCC(C3CCC(C4CCC(CC)CC4)C(F)C3F)CC2)C(F)C1F.